The second-order valence-corrected chi connectivity index (χ2v) is 5.86. The van der Waals surface area contributed by atoms with Gasteiger partial charge in [0.2, 0.25) is 0 Å². The summed E-state index contributed by atoms with van der Waals surface area (Å²) in [6.45, 7) is 4.12. The maximum Gasteiger partial charge on any atom is 0.310 e. The second kappa shape index (κ2) is 9.00. The number of aliphatic imine (C=N–C) groups is 1. The number of hydrogen-bond donors (Lipinski definition) is 1. The van der Waals surface area contributed by atoms with Crippen LogP contribution in [-0.4, -0.2) is 48.5 Å². The first-order valence-electron chi connectivity index (χ1n) is 8.40. The predicted molar refractivity (Wildman–Crippen MR) is 94.2 cm³/mol. The normalized spacial score (nSPS) is 17.9. The summed E-state index contributed by atoms with van der Waals surface area (Å²) in [7, 11) is 1.70. The molecule has 0 aromatic heterocycles. The maximum atomic E-state index is 12.0. The number of rotatable bonds is 5. The summed E-state index contributed by atoms with van der Waals surface area (Å²) in [5.74, 6) is 0.428. The number of piperidine rings is 1. The van der Waals surface area contributed by atoms with Crippen LogP contribution in [0.2, 0.25) is 0 Å². The zero-order valence-corrected chi connectivity index (χ0v) is 14.6. The number of non-ortho nitro benzene ring substituents is 1. The molecule has 1 aromatic carbocycles. The fourth-order valence-corrected chi connectivity index (χ4v) is 2.87. The Morgan fingerprint density at radius 2 is 2.16 bits per heavy atom. The van der Waals surface area contributed by atoms with Gasteiger partial charge in [-0.3, -0.25) is 19.9 Å². The topological polar surface area (TPSA) is 97.1 Å². The molecule has 136 valence electrons. The van der Waals surface area contributed by atoms with E-state index in [1.807, 2.05) is 6.92 Å². The van der Waals surface area contributed by atoms with Crippen LogP contribution in [0.15, 0.2) is 29.3 Å². The molecule has 1 aromatic rings. The average Bonchev–Trinajstić information content (AvgIpc) is 2.63. The number of nitro groups is 1. The van der Waals surface area contributed by atoms with Crippen LogP contribution in [0.1, 0.15) is 25.3 Å². The minimum absolute atomic E-state index is 0.0708. The van der Waals surface area contributed by atoms with Gasteiger partial charge < -0.3 is 15.0 Å². The first-order valence-corrected chi connectivity index (χ1v) is 8.40. The van der Waals surface area contributed by atoms with Gasteiger partial charge in [-0.1, -0.05) is 12.1 Å². The van der Waals surface area contributed by atoms with Gasteiger partial charge in [0.15, 0.2) is 5.96 Å². The molecule has 1 fully saturated rings. The number of likely N-dealkylation sites (tertiary alicyclic amines) is 1. The lowest BCUT2D eigenvalue weighted by Gasteiger charge is -2.34. The number of nitrogens with one attached hydrogen (secondary N) is 1. The smallest absolute Gasteiger partial charge is 0.310 e. The van der Waals surface area contributed by atoms with E-state index in [1.54, 1.807) is 19.2 Å². The first kappa shape index (κ1) is 18.7. The van der Waals surface area contributed by atoms with E-state index >= 15 is 0 Å². The van der Waals surface area contributed by atoms with Crippen molar-refractivity contribution in [2.24, 2.45) is 10.9 Å². The molecule has 0 aliphatic carbocycles. The molecule has 1 unspecified atom stereocenters. The minimum Gasteiger partial charge on any atom is -0.466 e. The molecular weight excluding hydrogens is 324 g/mol. The first-order chi connectivity index (χ1) is 12.0. The molecule has 1 aliphatic heterocycles. The van der Waals surface area contributed by atoms with Crippen LogP contribution in [0, 0.1) is 16.0 Å². The highest BCUT2D eigenvalue weighted by atomic mass is 16.6. The summed E-state index contributed by atoms with van der Waals surface area (Å²) in [4.78, 5) is 28.6. The van der Waals surface area contributed by atoms with Crippen LogP contribution in [0.5, 0.6) is 0 Å². The Bertz CT molecular complexity index is 630. The zero-order valence-electron chi connectivity index (χ0n) is 14.6. The van der Waals surface area contributed by atoms with Crippen LogP contribution in [0.25, 0.3) is 0 Å². The van der Waals surface area contributed by atoms with Crippen molar-refractivity contribution in [1.82, 2.24) is 10.2 Å². The molecule has 0 radical (unpaired) electrons. The lowest BCUT2D eigenvalue weighted by molar-refractivity contribution is -0.384. The third-order valence-electron chi connectivity index (χ3n) is 4.15. The van der Waals surface area contributed by atoms with E-state index in [4.69, 9.17) is 4.74 Å². The van der Waals surface area contributed by atoms with Crippen LogP contribution in [0.4, 0.5) is 5.69 Å². The van der Waals surface area contributed by atoms with E-state index in [2.05, 4.69) is 15.2 Å². The highest BCUT2D eigenvalue weighted by molar-refractivity contribution is 5.81. The van der Waals surface area contributed by atoms with E-state index < -0.39 is 4.92 Å². The van der Waals surface area contributed by atoms with Crippen molar-refractivity contribution >= 4 is 17.6 Å². The van der Waals surface area contributed by atoms with Crippen LogP contribution in [-0.2, 0) is 16.1 Å². The number of hydrogen-bond acceptors (Lipinski definition) is 5. The van der Waals surface area contributed by atoms with Crippen molar-refractivity contribution < 1.29 is 14.5 Å². The molecule has 1 aliphatic rings. The summed E-state index contributed by atoms with van der Waals surface area (Å²) in [5.41, 5.74) is 0.993. The van der Waals surface area contributed by atoms with E-state index in [-0.39, 0.29) is 17.6 Å². The summed E-state index contributed by atoms with van der Waals surface area (Å²) in [5, 5.41) is 13.9. The number of ether oxygens (including phenoxy) is 1. The Hall–Kier alpha value is -2.64. The average molecular weight is 348 g/mol. The van der Waals surface area contributed by atoms with E-state index in [1.165, 1.54) is 12.1 Å². The SMILES string of the molecule is CCOC(=O)C1CCCN(C(=NC)NCc2ccc([N+](=O)[O-])cc2)C1. The van der Waals surface area contributed by atoms with Crippen LogP contribution < -0.4 is 5.32 Å². The molecule has 8 heteroatoms. The van der Waals surface area contributed by atoms with Crippen molar-refractivity contribution in [2.45, 2.75) is 26.3 Å². The van der Waals surface area contributed by atoms with Gasteiger partial charge in [0.05, 0.1) is 17.4 Å². The van der Waals surface area contributed by atoms with Crippen molar-refractivity contribution in [3.8, 4) is 0 Å². The van der Waals surface area contributed by atoms with Crippen LogP contribution >= 0.6 is 0 Å². The van der Waals surface area contributed by atoms with Gasteiger partial charge in [-0.25, -0.2) is 0 Å². The number of esters is 1. The molecule has 0 bridgehead atoms. The number of carbonyl (C=O) groups is 1. The van der Waals surface area contributed by atoms with Gasteiger partial charge in [-0.2, -0.15) is 0 Å². The predicted octanol–water partition coefficient (Wildman–Crippen LogP) is 1.95. The molecule has 1 heterocycles. The quantitative estimate of drug-likeness (QED) is 0.287. The molecule has 8 nitrogen and oxygen atoms in total. The van der Waals surface area contributed by atoms with E-state index in [0.717, 1.165) is 24.9 Å². The molecule has 1 atom stereocenters. The lowest BCUT2D eigenvalue weighted by atomic mass is 9.98. The van der Waals surface area contributed by atoms with Crippen molar-refractivity contribution in [1.29, 1.82) is 0 Å². The number of nitrogens with zero attached hydrogens (tertiary/aromatic N) is 3. The molecule has 1 saturated heterocycles. The van der Waals surface area contributed by atoms with Gasteiger partial charge in [-0.05, 0) is 25.3 Å². The summed E-state index contributed by atoms with van der Waals surface area (Å²) in [6.07, 6.45) is 1.73. The van der Waals surface area contributed by atoms with Gasteiger partial charge in [-0.15, -0.1) is 0 Å². The fourth-order valence-electron chi connectivity index (χ4n) is 2.87. The molecule has 2 rings (SSSR count). The molecule has 0 amide bonds. The Labute approximate surface area is 147 Å². The van der Waals surface area contributed by atoms with E-state index in [9.17, 15) is 14.9 Å². The number of carbonyl (C=O) groups excluding carboxylic acids is 1. The largest absolute Gasteiger partial charge is 0.466 e. The maximum absolute atomic E-state index is 12.0. The van der Waals surface area contributed by atoms with Gasteiger partial charge >= 0.3 is 5.97 Å². The summed E-state index contributed by atoms with van der Waals surface area (Å²) >= 11 is 0. The zero-order chi connectivity index (χ0) is 18.2. The van der Waals surface area contributed by atoms with Crippen molar-refractivity contribution in [3.05, 3.63) is 39.9 Å². The highest BCUT2D eigenvalue weighted by Gasteiger charge is 2.28. The molecule has 0 saturated carbocycles. The van der Waals surface area contributed by atoms with Gasteiger partial charge in [0, 0.05) is 38.8 Å². The Morgan fingerprint density at radius 1 is 1.44 bits per heavy atom. The second-order valence-electron chi connectivity index (χ2n) is 5.86. The van der Waals surface area contributed by atoms with Crippen molar-refractivity contribution in [2.75, 3.05) is 26.7 Å². The summed E-state index contributed by atoms with van der Waals surface area (Å²) < 4.78 is 5.12. The lowest BCUT2D eigenvalue weighted by Crippen LogP contribution is -2.48. The highest BCUT2D eigenvalue weighted by Crippen LogP contribution is 2.18. The Morgan fingerprint density at radius 3 is 2.76 bits per heavy atom. The molecular formula is C17H24N4O4. The molecule has 0 spiro atoms. The standard InChI is InChI=1S/C17H24N4O4/c1-3-25-16(22)14-5-4-10-20(12-14)17(18-2)19-11-13-6-8-15(9-7-13)21(23)24/h6-9,14H,3-5,10-12H2,1-2H3,(H,18,19). The van der Waals surface area contributed by atoms with Crippen LogP contribution in [0.3, 0.4) is 0 Å². The Kier molecular flexibility index (Phi) is 6.73. The monoisotopic (exact) mass is 348 g/mol. The molecule has 25 heavy (non-hydrogen) atoms. The van der Waals surface area contributed by atoms with Crippen molar-refractivity contribution in [3.63, 3.8) is 0 Å². The Balaban J connectivity index is 1.93. The minimum atomic E-state index is -0.417. The van der Waals surface area contributed by atoms with Gasteiger partial charge in [0.25, 0.3) is 5.69 Å². The van der Waals surface area contributed by atoms with E-state index in [0.29, 0.717) is 25.7 Å². The summed E-state index contributed by atoms with van der Waals surface area (Å²) in [6, 6.07) is 6.40. The third kappa shape index (κ3) is 5.17. The fraction of sp³-hybridized carbons (Fsp3) is 0.529. The number of guanidine groups is 1. The van der Waals surface area contributed by atoms with Gasteiger partial charge in [0.1, 0.15) is 0 Å². The number of nitro benzene ring substituents is 1. The number of benzene rings is 1. The molecule has 1 N–H and O–H groups in total. The third-order valence-corrected chi connectivity index (χ3v) is 4.15.